The lowest BCUT2D eigenvalue weighted by Crippen LogP contribution is -2.43. The second-order valence-electron chi connectivity index (χ2n) is 5.44. The van der Waals surface area contributed by atoms with E-state index in [1.165, 1.54) is 32.1 Å². The van der Waals surface area contributed by atoms with Gasteiger partial charge in [-0.05, 0) is 38.5 Å². The number of aromatic nitrogens is 2. The van der Waals surface area contributed by atoms with Crippen LogP contribution in [0.2, 0.25) is 0 Å². The van der Waals surface area contributed by atoms with Gasteiger partial charge < -0.3 is 15.4 Å². The van der Waals surface area contributed by atoms with Gasteiger partial charge in [-0.25, -0.2) is 4.98 Å². The molecule has 1 aliphatic carbocycles. The van der Waals surface area contributed by atoms with Crippen molar-refractivity contribution in [2.24, 2.45) is 5.92 Å². The molecule has 19 heavy (non-hydrogen) atoms. The average molecular weight is 262 g/mol. The zero-order valence-electron chi connectivity index (χ0n) is 11.5. The highest BCUT2D eigenvalue weighted by Crippen LogP contribution is 2.41. The molecular formula is C14H22N4O. The van der Waals surface area contributed by atoms with Crippen LogP contribution >= 0.6 is 0 Å². The van der Waals surface area contributed by atoms with Gasteiger partial charge in [0.25, 0.3) is 0 Å². The van der Waals surface area contributed by atoms with Gasteiger partial charge in [-0.15, -0.1) is 0 Å². The third-order valence-electron chi connectivity index (χ3n) is 4.37. The van der Waals surface area contributed by atoms with E-state index in [1.54, 1.807) is 6.33 Å². The van der Waals surface area contributed by atoms with Crippen LogP contribution in [0.5, 0.6) is 5.88 Å². The Balaban J connectivity index is 1.90. The van der Waals surface area contributed by atoms with Gasteiger partial charge in [-0.1, -0.05) is 6.42 Å². The average Bonchev–Trinajstić information content (AvgIpc) is 2.90. The maximum atomic E-state index is 6.19. The first-order chi connectivity index (χ1) is 9.31. The van der Waals surface area contributed by atoms with E-state index >= 15 is 0 Å². The Labute approximate surface area is 114 Å². The fourth-order valence-corrected chi connectivity index (χ4v) is 3.57. The molecule has 2 fully saturated rings. The predicted octanol–water partition coefficient (Wildman–Crippen LogP) is 2.23. The topological polar surface area (TPSA) is 64.3 Å². The van der Waals surface area contributed by atoms with Crippen LogP contribution in [0.3, 0.4) is 0 Å². The number of hydrogen-bond donors (Lipinski definition) is 1. The minimum absolute atomic E-state index is 0.521. The summed E-state index contributed by atoms with van der Waals surface area (Å²) < 4.78 is 5.48. The number of piperidine rings is 1. The first-order valence-corrected chi connectivity index (χ1v) is 7.31. The Bertz CT molecular complexity index is 451. The maximum absolute atomic E-state index is 6.19. The molecule has 1 aliphatic heterocycles. The number of rotatable bonds is 3. The molecule has 0 spiro atoms. The number of nitrogen functional groups attached to an aromatic ring is 1. The highest BCUT2D eigenvalue weighted by atomic mass is 16.5. The molecule has 0 radical (unpaired) electrons. The van der Waals surface area contributed by atoms with Gasteiger partial charge in [-0.3, -0.25) is 0 Å². The van der Waals surface area contributed by atoms with Gasteiger partial charge in [0, 0.05) is 12.6 Å². The van der Waals surface area contributed by atoms with E-state index in [0.717, 1.165) is 18.3 Å². The Kier molecular flexibility index (Phi) is 3.44. The Morgan fingerprint density at radius 3 is 3.00 bits per heavy atom. The summed E-state index contributed by atoms with van der Waals surface area (Å²) in [6.07, 6.45) is 8.09. The van der Waals surface area contributed by atoms with Gasteiger partial charge >= 0.3 is 0 Å². The van der Waals surface area contributed by atoms with Crippen LogP contribution in [0.25, 0.3) is 0 Å². The van der Waals surface area contributed by atoms with Crippen LogP contribution in [0.4, 0.5) is 11.5 Å². The van der Waals surface area contributed by atoms with Crippen molar-refractivity contribution in [3.05, 3.63) is 6.33 Å². The summed E-state index contributed by atoms with van der Waals surface area (Å²) >= 11 is 0. The summed E-state index contributed by atoms with van der Waals surface area (Å²) in [5, 5.41) is 0. The lowest BCUT2D eigenvalue weighted by atomic mass is 9.92. The molecule has 0 amide bonds. The molecule has 1 saturated heterocycles. The second-order valence-corrected chi connectivity index (χ2v) is 5.44. The number of fused-ring (bicyclic) bond motifs is 1. The first-order valence-electron chi connectivity index (χ1n) is 7.31. The number of ether oxygens (including phenoxy) is 1. The minimum atomic E-state index is 0.521. The summed E-state index contributed by atoms with van der Waals surface area (Å²) in [5.74, 6) is 2.21. The SMILES string of the molecule is CCOc1ncnc(N2CCCC3CCCC32)c1N. The van der Waals surface area contributed by atoms with E-state index in [1.807, 2.05) is 6.92 Å². The van der Waals surface area contributed by atoms with Crippen LogP contribution in [0.1, 0.15) is 39.0 Å². The van der Waals surface area contributed by atoms with E-state index in [4.69, 9.17) is 10.5 Å². The van der Waals surface area contributed by atoms with Gasteiger partial charge in [0.1, 0.15) is 12.0 Å². The van der Waals surface area contributed by atoms with E-state index < -0.39 is 0 Å². The van der Waals surface area contributed by atoms with Crippen LogP contribution in [0, 0.1) is 5.92 Å². The third kappa shape index (κ3) is 2.22. The third-order valence-corrected chi connectivity index (χ3v) is 4.37. The van der Waals surface area contributed by atoms with Crippen LogP contribution in [-0.2, 0) is 0 Å². The molecule has 5 nitrogen and oxygen atoms in total. The van der Waals surface area contributed by atoms with Crippen molar-refractivity contribution in [2.75, 3.05) is 23.8 Å². The Morgan fingerprint density at radius 2 is 2.16 bits per heavy atom. The molecular weight excluding hydrogens is 240 g/mol. The quantitative estimate of drug-likeness (QED) is 0.905. The van der Waals surface area contributed by atoms with Crippen molar-refractivity contribution < 1.29 is 4.74 Å². The van der Waals surface area contributed by atoms with Crippen molar-refractivity contribution in [3.63, 3.8) is 0 Å². The predicted molar refractivity (Wildman–Crippen MR) is 75.3 cm³/mol. The highest BCUT2D eigenvalue weighted by Gasteiger charge is 2.36. The minimum Gasteiger partial charge on any atom is -0.476 e. The van der Waals surface area contributed by atoms with Crippen LogP contribution in [0.15, 0.2) is 6.33 Å². The van der Waals surface area contributed by atoms with E-state index in [2.05, 4.69) is 14.9 Å². The Hall–Kier alpha value is -1.52. The first kappa shape index (κ1) is 12.5. The van der Waals surface area contributed by atoms with Crippen molar-refractivity contribution >= 4 is 11.5 Å². The smallest absolute Gasteiger partial charge is 0.242 e. The molecule has 5 heteroatoms. The second kappa shape index (κ2) is 5.23. The molecule has 104 valence electrons. The summed E-state index contributed by atoms with van der Waals surface area (Å²) in [7, 11) is 0. The molecule has 2 N–H and O–H groups in total. The van der Waals surface area contributed by atoms with Gasteiger partial charge in [-0.2, -0.15) is 4.98 Å². The van der Waals surface area contributed by atoms with Crippen molar-refractivity contribution in [1.29, 1.82) is 0 Å². The van der Waals surface area contributed by atoms with Gasteiger partial charge in [0.15, 0.2) is 5.82 Å². The molecule has 2 aliphatic rings. The normalized spacial score (nSPS) is 26.3. The molecule has 1 saturated carbocycles. The molecule has 1 aromatic rings. The van der Waals surface area contributed by atoms with Crippen LogP contribution in [-0.4, -0.2) is 29.2 Å². The largest absolute Gasteiger partial charge is 0.476 e. The fourth-order valence-electron chi connectivity index (χ4n) is 3.57. The molecule has 2 atom stereocenters. The number of anilines is 2. The summed E-state index contributed by atoms with van der Waals surface area (Å²) in [4.78, 5) is 10.9. The van der Waals surface area contributed by atoms with Crippen molar-refractivity contribution in [1.82, 2.24) is 9.97 Å². The molecule has 0 bridgehead atoms. The maximum Gasteiger partial charge on any atom is 0.242 e. The van der Waals surface area contributed by atoms with Crippen molar-refractivity contribution in [2.45, 2.75) is 45.1 Å². The zero-order chi connectivity index (χ0) is 13.2. The van der Waals surface area contributed by atoms with Gasteiger partial charge in [0.2, 0.25) is 5.88 Å². The summed E-state index contributed by atoms with van der Waals surface area (Å²) in [6.45, 7) is 3.57. The molecule has 3 rings (SSSR count). The number of hydrogen-bond acceptors (Lipinski definition) is 5. The lowest BCUT2D eigenvalue weighted by Gasteiger charge is -2.39. The van der Waals surface area contributed by atoms with Crippen molar-refractivity contribution in [3.8, 4) is 5.88 Å². The number of nitrogens with zero attached hydrogens (tertiary/aromatic N) is 3. The van der Waals surface area contributed by atoms with E-state index in [-0.39, 0.29) is 0 Å². The van der Waals surface area contributed by atoms with Gasteiger partial charge in [0.05, 0.1) is 6.61 Å². The van der Waals surface area contributed by atoms with E-state index in [9.17, 15) is 0 Å². The van der Waals surface area contributed by atoms with E-state index in [0.29, 0.717) is 24.2 Å². The van der Waals surface area contributed by atoms with Crippen LogP contribution < -0.4 is 15.4 Å². The Morgan fingerprint density at radius 1 is 1.32 bits per heavy atom. The monoisotopic (exact) mass is 262 g/mol. The lowest BCUT2D eigenvalue weighted by molar-refractivity contribution is 0.326. The number of nitrogens with two attached hydrogens (primary N) is 1. The fraction of sp³-hybridized carbons (Fsp3) is 0.714. The molecule has 2 heterocycles. The molecule has 1 aromatic heterocycles. The summed E-state index contributed by atoms with van der Waals surface area (Å²) in [5.41, 5.74) is 6.79. The highest BCUT2D eigenvalue weighted by molar-refractivity contribution is 5.68. The standard InChI is InChI=1S/C14H22N4O/c1-2-19-14-12(15)13(16-9-17-14)18-8-4-6-10-5-3-7-11(10)18/h9-11H,2-8,15H2,1H3. The summed E-state index contributed by atoms with van der Waals surface area (Å²) in [6, 6.07) is 0.612. The zero-order valence-corrected chi connectivity index (χ0v) is 11.5. The molecule has 2 unspecified atom stereocenters. The molecule has 0 aromatic carbocycles.